The van der Waals surface area contributed by atoms with Gasteiger partial charge in [0.25, 0.3) is 0 Å². The highest BCUT2D eigenvalue weighted by atomic mass is 15.1. The fourth-order valence-corrected chi connectivity index (χ4v) is 4.27. The predicted octanol–water partition coefficient (Wildman–Crippen LogP) is 5.10. The van der Waals surface area contributed by atoms with Crippen molar-refractivity contribution in [2.45, 2.75) is 32.2 Å². The van der Waals surface area contributed by atoms with Crippen molar-refractivity contribution in [3.05, 3.63) is 59.2 Å². The van der Waals surface area contributed by atoms with Crippen LogP contribution in [-0.4, -0.2) is 32.1 Å². The summed E-state index contributed by atoms with van der Waals surface area (Å²) >= 11 is 0. The molecule has 4 rings (SSSR count). The molecule has 1 atom stereocenters. The summed E-state index contributed by atoms with van der Waals surface area (Å²) in [6.07, 6.45) is 3.54. The second kappa shape index (κ2) is 5.78. The summed E-state index contributed by atoms with van der Waals surface area (Å²) in [5.74, 6) is 0. The lowest BCUT2D eigenvalue weighted by molar-refractivity contribution is 0.281. The van der Waals surface area contributed by atoms with Crippen LogP contribution in [0.1, 0.15) is 36.0 Å². The Balaban J connectivity index is 1.99. The van der Waals surface area contributed by atoms with E-state index in [1.165, 1.54) is 34.5 Å². The lowest BCUT2D eigenvalue weighted by atomic mass is 9.81. The van der Waals surface area contributed by atoms with Crippen LogP contribution in [0.25, 0.3) is 11.1 Å². The molecule has 0 bridgehead atoms. The Morgan fingerprint density at radius 3 is 2.50 bits per heavy atom. The molecule has 0 saturated carbocycles. The van der Waals surface area contributed by atoms with E-state index >= 15 is 0 Å². The maximum Gasteiger partial charge on any atom is 0.0484 e. The highest BCUT2D eigenvalue weighted by Gasteiger charge is 2.30. The van der Waals surface area contributed by atoms with Crippen molar-refractivity contribution >= 4 is 22.5 Å². The van der Waals surface area contributed by atoms with Gasteiger partial charge in [-0.25, -0.2) is 0 Å². The molecule has 2 aromatic rings. The van der Waals surface area contributed by atoms with Crippen molar-refractivity contribution in [3.8, 4) is 0 Å². The Morgan fingerprint density at radius 1 is 0.958 bits per heavy atom. The summed E-state index contributed by atoms with van der Waals surface area (Å²) in [4.78, 5) is 4.76. The van der Waals surface area contributed by atoms with Crippen LogP contribution in [0.15, 0.2) is 42.5 Å². The fraction of sp³-hybridized carbons (Fsp3) is 0.364. The molecule has 2 nitrogen and oxygen atoms in total. The third-order valence-electron chi connectivity index (χ3n) is 5.69. The molecule has 0 saturated heterocycles. The molecule has 2 aliphatic rings. The number of benzene rings is 2. The number of allylic oxidation sites excluding steroid dienone is 1. The minimum Gasteiger partial charge on any atom is -0.344 e. The summed E-state index contributed by atoms with van der Waals surface area (Å²) in [5, 5.41) is 0. The monoisotopic (exact) mass is 318 g/mol. The van der Waals surface area contributed by atoms with E-state index in [1.54, 1.807) is 11.1 Å². The van der Waals surface area contributed by atoms with E-state index < -0.39 is 0 Å². The van der Waals surface area contributed by atoms with Crippen molar-refractivity contribution in [2.75, 3.05) is 26.0 Å². The maximum absolute atomic E-state index is 2.39. The first-order valence-corrected chi connectivity index (χ1v) is 8.89. The largest absolute Gasteiger partial charge is 0.344 e. The minimum atomic E-state index is 0.632. The summed E-state index contributed by atoms with van der Waals surface area (Å²) in [7, 11) is 6.63. The smallest absolute Gasteiger partial charge is 0.0484 e. The number of aryl methyl sites for hydroxylation is 1. The molecule has 24 heavy (non-hydrogen) atoms. The Morgan fingerprint density at radius 2 is 1.71 bits per heavy atom. The van der Waals surface area contributed by atoms with Gasteiger partial charge in [0.15, 0.2) is 0 Å². The number of para-hydroxylation sites is 1. The van der Waals surface area contributed by atoms with Crippen LogP contribution in [0, 0.1) is 6.92 Å². The van der Waals surface area contributed by atoms with E-state index in [0.29, 0.717) is 6.04 Å². The minimum absolute atomic E-state index is 0.632. The molecule has 0 N–H and O–H groups in total. The van der Waals surface area contributed by atoms with Gasteiger partial charge in [0.1, 0.15) is 0 Å². The number of hydrogen-bond acceptors (Lipinski definition) is 2. The second-order valence-electron chi connectivity index (χ2n) is 7.41. The fourth-order valence-electron chi connectivity index (χ4n) is 4.27. The molecule has 1 unspecified atom stereocenters. The van der Waals surface area contributed by atoms with Crippen molar-refractivity contribution in [1.82, 2.24) is 4.90 Å². The lowest BCUT2D eigenvalue weighted by Crippen LogP contribution is -2.30. The molecule has 1 heterocycles. The van der Waals surface area contributed by atoms with Gasteiger partial charge in [-0.3, -0.25) is 0 Å². The zero-order chi connectivity index (χ0) is 16.8. The first kappa shape index (κ1) is 15.5. The van der Waals surface area contributed by atoms with E-state index in [4.69, 9.17) is 0 Å². The van der Waals surface area contributed by atoms with E-state index in [9.17, 15) is 0 Å². The topological polar surface area (TPSA) is 6.48 Å². The highest BCUT2D eigenvalue weighted by Crippen LogP contribution is 2.48. The molecule has 0 amide bonds. The van der Waals surface area contributed by atoms with E-state index in [2.05, 4.69) is 80.3 Å². The SMILES string of the molecule is Cc1ccc2c(c1)C1=C(CCC(N(C)C)C1)c1ccccc1N2C. The Hall–Kier alpha value is -2.06. The number of hydrogen-bond donors (Lipinski definition) is 0. The van der Waals surface area contributed by atoms with Gasteiger partial charge < -0.3 is 9.80 Å². The average molecular weight is 318 g/mol. The zero-order valence-corrected chi connectivity index (χ0v) is 15.1. The van der Waals surface area contributed by atoms with Crippen LogP contribution in [0.5, 0.6) is 0 Å². The summed E-state index contributed by atoms with van der Waals surface area (Å²) in [6, 6.07) is 16.4. The maximum atomic E-state index is 2.39. The molecule has 0 spiro atoms. The molecule has 2 heteroatoms. The average Bonchev–Trinajstić information content (AvgIpc) is 2.69. The molecular formula is C22H26N2. The standard InChI is InChI=1S/C22H26N2/c1-15-9-12-22-20(13-15)19-14-16(23(2)3)10-11-17(19)18-7-5-6-8-21(18)24(22)4/h5-9,12-13,16H,10-11,14H2,1-4H3. The van der Waals surface area contributed by atoms with Gasteiger partial charge in [-0.1, -0.05) is 29.8 Å². The van der Waals surface area contributed by atoms with E-state index in [1.807, 2.05) is 0 Å². The number of fused-ring (bicyclic) bond motifs is 4. The normalized spacial score (nSPS) is 19.7. The number of nitrogens with zero attached hydrogens (tertiary/aromatic N) is 2. The molecule has 1 aliphatic carbocycles. The first-order chi connectivity index (χ1) is 11.6. The van der Waals surface area contributed by atoms with Crippen LogP contribution < -0.4 is 4.90 Å². The van der Waals surface area contributed by atoms with E-state index in [0.717, 1.165) is 12.8 Å². The van der Waals surface area contributed by atoms with Crippen molar-refractivity contribution in [2.24, 2.45) is 0 Å². The van der Waals surface area contributed by atoms with Crippen LogP contribution in [0.2, 0.25) is 0 Å². The van der Waals surface area contributed by atoms with Crippen molar-refractivity contribution < 1.29 is 0 Å². The predicted molar refractivity (Wildman–Crippen MR) is 104 cm³/mol. The van der Waals surface area contributed by atoms with Crippen LogP contribution >= 0.6 is 0 Å². The third-order valence-corrected chi connectivity index (χ3v) is 5.69. The van der Waals surface area contributed by atoms with Gasteiger partial charge in [-0.2, -0.15) is 0 Å². The van der Waals surface area contributed by atoms with Crippen LogP contribution in [0.4, 0.5) is 11.4 Å². The van der Waals surface area contributed by atoms with Gasteiger partial charge >= 0.3 is 0 Å². The van der Waals surface area contributed by atoms with Gasteiger partial charge in [-0.15, -0.1) is 0 Å². The van der Waals surface area contributed by atoms with Crippen LogP contribution in [-0.2, 0) is 0 Å². The van der Waals surface area contributed by atoms with Gasteiger partial charge in [0.05, 0.1) is 0 Å². The number of anilines is 2. The van der Waals surface area contributed by atoms with Gasteiger partial charge in [0.2, 0.25) is 0 Å². The lowest BCUT2D eigenvalue weighted by Gasteiger charge is -2.32. The quantitative estimate of drug-likeness (QED) is 0.721. The summed E-state index contributed by atoms with van der Waals surface area (Å²) in [5.41, 5.74) is 9.95. The van der Waals surface area contributed by atoms with Gasteiger partial charge in [0, 0.05) is 35.6 Å². The second-order valence-corrected chi connectivity index (χ2v) is 7.41. The number of rotatable bonds is 1. The summed E-state index contributed by atoms with van der Waals surface area (Å²) in [6.45, 7) is 2.20. The first-order valence-electron chi connectivity index (χ1n) is 8.89. The third kappa shape index (κ3) is 2.37. The Bertz CT molecular complexity index is 816. The Kier molecular flexibility index (Phi) is 3.73. The van der Waals surface area contributed by atoms with E-state index in [-0.39, 0.29) is 0 Å². The Labute approximate surface area is 145 Å². The molecule has 0 fully saturated rings. The van der Waals surface area contributed by atoms with Crippen molar-refractivity contribution in [3.63, 3.8) is 0 Å². The molecule has 1 aliphatic heterocycles. The van der Waals surface area contributed by atoms with Crippen molar-refractivity contribution in [1.29, 1.82) is 0 Å². The molecule has 2 aromatic carbocycles. The molecule has 0 radical (unpaired) electrons. The molecular weight excluding hydrogens is 292 g/mol. The zero-order valence-electron chi connectivity index (χ0n) is 15.1. The molecule has 0 aromatic heterocycles. The van der Waals surface area contributed by atoms with Crippen LogP contribution in [0.3, 0.4) is 0 Å². The van der Waals surface area contributed by atoms with Gasteiger partial charge in [-0.05, 0) is 69.6 Å². The highest BCUT2D eigenvalue weighted by molar-refractivity contribution is 6.02. The summed E-state index contributed by atoms with van der Waals surface area (Å²) < 4.78 is 0. The molecule has 124 valence electrons.